The van der Waals surface area contributed by atoms with E-state index in [0.29, 0.717) is 44.4 Å². The lowest BCUT2D eigenvalue weighted by Gasteiger charge is -2.35. The highest BCUT2D eigenvalue weighted by molar-refractivity contribution is 7.16. The van der Waals surface area contributed by atoms with Crippen LogP contribution in [0.15, 0.2) is 133 Å². The van der Waals surface area contributed by atoms with Crippen molar-refractivity contribution in [1.29, 1.82) is 0 Å². The fourth-order valence-electron chi connectivity index (χ4n) is 14.1. The Morgan fingerprint density at radius 3 is 1.15 bits per heavy atom. The highest BCUT2D eigenvalue weighted by Crippen LogP contribution is 2.54. The van der Waals surface area contributed by atoms with Gasteiger partial charge in [-0.1, -0.05) is 150 Å². The number of aryl methyl sites for hydroxylation is 2. The fraction of sp³-hybridized carbons (Fsp3) is 0.268. The molecule has 2 unspecified atom stereocenters. The number of carbonyl (C=O) groups is 6. The topological polar surface area (TPSA) is 112 Å². The molecule has 5 heterocycles. The monoisotopic (exact) mass is 1120 g/mol. The lowest BCUT2D eigenvalue weighted by Crippen LogP contribution is -2.47. The molecule has 0 aliphatic carbocycles. The minimum absolute atomic E-state index is 0.174. The number of thiophene rings is 2. The molecular formula is C71H63N3O6S2. The van der Waals surface area contributed by atoms with Crippen molar-refractivity contribution in [3.05, 3.63) is 188 Å². The summed E-state index contributed by atoms with van der Waals surface area (Å²) in [6, 6.07) is 41.8. The first-order chi connectivity index (χ1) is 39.8. The van der Waals surface area contributed by atoms with Gasteiger partial charge in [-0.3, -0.25) is 33.7 Å². The van der Waals surface area contributed by atoms with Crippen LogP contribution in [0.5, 0.6) is 0 Å². The SMILES string of the molecule is CCCCCCC(CCCCCC)N1C(=O)c2ccc3c4ccc5c6c(ccc(c7ccc(c2c37)C1=O)c64)C(=O)N(c1ccc(N2C(=O)C(c3c(C)sc(-c4ccccc4)c3C)C(c3c(C)sc(-c4ccccc4)c3C)C2=O)cc1)C5=O. The summed E-state index contributed by atoms with van der Waals surface area (Å²) in [6.07, 6.45) is 10.1. The Bertz CT molecular complexity index is 4050. The van der Waals surface area contributed by atoms with Crippen molar-refractivity contribution in [2.75, 3.05) is 9.80 Å². The van der Waals surface area contributed by atoms with Crippen LogP contribution >= 0.6 is 22.7 Å². The number of hydrogen-bond acceptors (Lipinski definition) is 8. The molecular weight excluding hydrogens is 1050 g/mol. The molecule has 0 radical (unpaired) electrons. The molecule has 1 fully saturated rings. The first kappa shape index (κ1) is 53.2. The van der Waals surface area contributed by atoms with Gasteiger partial charge in [-0.25, -0.2) is 9.80 Å². The zero-order valence-corrected chi connectivity index (χ0v) is 48.7. The number of carbonyl (C=O) groups excluding carboxylic acids is 6. The second kappa shape index (κ2) is 21.0. The van der Waals surface area contributed by atoms with E-state index in [4.69, 9.17) is 0 Å². The zero-order chi connectivity index (χ0) is 56.8. The van der Waals surface area contributed by atoms with Gasteiger partial charge in [0.2, 0.25) is 11.8 Å². The van der Waals surface area contributed by atoms with Crippen LogP contribution < -0.4 is 9.80 Å². The lowest BCUT2D eigenvalue weighted by atomic mass is 9.80. The molecule has 1 saturated heterocycles. The van der Waals surface area contributed by atoms with Crippen LogP contribution in [0, 0.1) is 27.7 Å². The minimum Gasteiger partial charge on any atom is -0.273 e. The molecule has 9 nitrogen and oxygen atoms in total. The second-order valence-corrected chi connectivity index (χ2v) is 25.1. The van der Waals surface area contributed by atoms with Crippen LogP contribution in [0.4, 0.5) is 11.4 Å². The average molecular weight is 1120 g/mol. The van der Waals surface area contributed by atoms with E-state index < -0.39 is 23.7 Å². The summed E-state index contributed by atoms with van der Waals surface area (Å²) < 4.78 is 0. The third kappa shape index (κ3) is 8.20. The smallest absolute Gasteiger partial charge is 0.265 e. The Kier molecular flexibility index (Phi) is 13.6. The van der Waals surface area contributed by atoms with Crippen LogP contribution in [0.2, 0.25) is 0 Å². The van der Waals surface area contributed by atoms with Gasteiger partial charge >= 0.3 is 0 Å². The number of rotatable bonds is 17. The number of anilines is 2. The number of unbranched alkanes of at least 4 members (excludes halogenated alkanes) is 6. The summed E-state index contributed by atoms with van der Waals surface area (Å²) in [5.74, 6) is -3.74. The summed E-state index contributed by atoms with van der Waals surface area (Å²) in [5, 5.41) is 6.13. The summed E-state index contributed by atoms with van der Waals surface area (Å²) in [6.45, 7) is 12.6. The van der Waals surface area contributed by atoms with Crippen LogP contribution in [-0.2, 0) is 9.59 Å². The quantitative estimate of drug-likeness (QED) is 0.0388. The maximum absolute atomic E-state index is 15.4. The van der Waals surface area contributed by atoms with Gasteiger partial charge < -0.3 is 0 Å². The number of imide groups is 3. The van der Waals surface area contributed by atoms with Crippen molar-refractivity contribution in [3.8, 4) is 20.9 Å². The molecule has 0 N–H and O–H groups in total. The number of amides is 6. The van der Waals surface area contributed by atoms with Gasteiger partial charge in [0.25, 0.3) is 23.6 Å². The Morgan fingerprint density at radius 2 is 0.768 bits per heavy atom. The number of nitrogens with zero attached hydrogens (tertiary/aromatic N) is 3. The van der Waals surface area contributed by atoms with Crippen LogP contribution in [-0.4, -0.2) is 46.4 Å². The predicted octanol–water partition coefficient (Wildman–Crippen LogP) is 17.6. The Hall–Kier alpha value is -8.12. The third-order valence-electron chi connectivity index (χ3n) is 17.9. The van der Waals surface area contributed by atoms with Gasteiger partial charge in [-0.15, -0.1) is 22.7 Å². The fourth-order valence-corrected chi connectivity index (χ4v) is 16.5. The van der Waals surface area contributed by atoms with E-state index >= 15 is 9.59 Å². The van der Waals surface area contributed by atoms with Crippen molar-refractivity contribution in [2.45, 2.75) is 124 Å². The number of benzene rings is 8. The number of fused-ring (bicyclic) bond motifs is 2. The van der Waals surface area contributed by atoms with Crippen molar-refractivity contribution >= 4 is 113 Å². The average Bonchev–Trinajstić information content (AvgIpc) is 4.29. The maximum Gasteiger partial charge on any atom is 0.265 e. The highest BCUT2D eigenvalue weighted by atomic mass is 32.1. The van der Waals surface area contributed by atoms with E-state index in [1.165, 1.54) is 9.80 Å². The van der Waals surface area contributed by atoms with E-state index in [1.54, 1.807) is 64.0 Å². The first-order valence-electron chi connectivity index (χ1n) is 29.1. The molecule has 2 atom stereocenters. The Balaban J connectivity index is 0.848. The molecule has 6 amide bonds. The summed E-state index contributed by atoms with van der Waals surface area (Å²) in [7, 11) is 0. The van der Waals surface area contributed by atoms with Crippen LogP contribution in [0.1, 0.15) is 163 Å². The van der Waals surface area contributed by atoms with Gasteiger partial charge in [-0.2, -0.15) is 0 Å². The predicted molar refractivity (Wildman–Crippen MR) is 333 cm³/mol. The molecule has 11 heteroatoms. The maximum atomic E-state index is 15.4. The van der Waals surface area contributed by atoms with Crippen LogP contribution in [0.3, 0.4) is 0 Å². The molecule has 82 heavy (non-hydrogen) atoms. The van der Waals surface area contributed by atoms with Gasteiger partial charge in [0.1, 0.15) is 0 Å². The summed E-state index contributed by atoms with van der Waals surface area (Å²) >= 11 is 3.28. The number of hydrogen-bond donors (Lipinski definition) is 0. The molecule has 8 aromatic carbocycles. The largest absolute Gasteiger partial charge is 0.273 e. The second-order valence-electron chi connectivity index (χ2n) is 22.7. The normalized spacial score (nSPS) is 16.4. The van der Waals surface area contributed by atoms with Gasteiger partial charge in [0.15, 0.2) is 0 Å². The zero-order valence-electron chi connectivity index (χ0n) is 47.1. The minimum atomic E-state index is -0.803. The molecule has 3 aliphatic heterocycles. The Labute approximate surface area is 485 Å². The van der Waals surface area contributed by atoms with Gasteiger partial charge in [-0.05, 0) is 155 Å². The van der Waals surface area contributed by atoms with Gasteiger partial charge in [0, 0.05) is 58.6 Å². The molecule has 0 bridgehead atoms. The van der Waals surface area contributed by atoms with Gasteiger partial charge in [0.05, 0.1) is 23.2 Å². The molecule has 0 spiro atoms. The van der Waals surface area contributed by atoms with Crippen molar-refractivity contribution in [3.63, 3.8) is 0 Å². The lowest BCUT2D eigenvalue weighted by molar-refractivity contribution is -0.121. The first-order valence-corrected chi connectivity index (χ1v) is 30.7. The van der Waals surface area contributed by atoms with Crippen molar-refractivity contribution in [1.82, 2.24) is 4.90 Å². The van der Waals surface area contributed by atoms with E-state index in [1.807, 2.05) is 86.6 Å². The summed E-state index contributed by atoms with van der Waals surface area (Å²) in [4.78, 5) is 98.3. The van der Waals surface area contributed by atoms with E-state index in [-0.39, 0.29) is 29.7 Å². The van der Waals surface area contributed by atoms with E-state index in [2.05, 4.69) is 52.0 Å². The molecule has 3 aliphatic rings. The standard InChI is InChI=1S/C71H63N3O6S2/c1-7-9-11-19-25-45(26-20-12-10-8-2)72-66(75)52-35-31-48-50-33-37-54-61-55(38-34-51(59(50)61)49-32-36-53(67(72)76)60(52)58(48)49)69(78)73(68(54)77)46-27-29-47(30-28-46)74-70(79)62(56-39(3)64(81-41(56)5)43-21-15-13-16-22-43)63(71(74)80)57-40(4)65(82-42(57)6)44-23-17-14-18-24-44/h13-18,21-24,27-38,45,62-63H,7-12,19-20,25-26H2,1-6H3. The molecule has 13 rings (SSSR count). The highest BCUT2D eigenvalue weighted by Gasteiger charge is 2.53. The molecule has 10 aromatic rings. The Morgan fingerprint density at radius 1 is 0.402 bits per heavy atom. The van der Waals surface area contributed by atoms with Crippen molar-refractivity contribution < 1.29 is 28.8 Å². The van der Waals surface area contributed by atoms with Crippen molar-refractivity contribution in [2.24, 2.45) is 0 Å². The third-order valence-corrected chi connectivity index (χ3v) is 20.5. The molecule has 2 aromatic heterocycles. The molecule has 410 valence electrons. The summed E-state index contributed by atoms with van der Waals surface area (Å²) in [5.41, 5.74) is 8.23. The molecule has 0 saturated carbocycles. The van der Waals surface area contributed by atoms with E-state index in [9.17, 15) is 19.2 Å². The van der Waals surface area contributed by atoms with Crippen LogP contribution in [0.25, 0.3) is 64.0 Å². The van der Waals surface area contributed by atoms with E-state index in [0.717, 1.165) is 149 Å².